The minimum absolute atomic E-state index is 0.105. The van der Waals surface area contributed by atoms with Crippen LogP contribution in [0.1, 0.15) is 53.4 Å². The molecule has 1 radical (unpaired) electrons. The molecule has 1 amide bonds. The van der Waals surface area contributed by atoms with E-state index < -0.39 is 11.2 Å². The Balaban J connectivity index is 3.10. The van der Waals surface area contributed by atoms with E-state index in [0.29, 0.717) is 25.7 Å². The van der Waals surface area contributed by atoms with Crippen molar-refractivity contribution in [3.63, 3.8) is 0 Å². The molecule has 87 valence electrons. The molecule has 0 aromatic rings. The second kappa shape index (κ2) is 4.10. The zero-order chi connectivity index (χ0) is 11.7. The molecular formula is C11H21N2O2. The van der Waals surface area contributed by atoms with E-state index in [-0.39, 0.29) is 5.91 Å². The van der Waals surface area contributed by atoms with Gasteiger partial charge in [-0.15, -0.1) is 10.3 Å². The van der Waals surface area contributed by atoms with E-state index in [1.807, 2.05) is 27.7 Å². The molecule has 1 saturated heterocycles. The fraction of sp³-hybridized carbons (Fsp3) is 0.909. The summed E-state index contributed by atoms with van der Waals surface area (Å²) in [5, 5.41) is 16.2. The Hall–Kier alpha value is -0.610. The van der Waals surface area contributed by atoms with Crippen LogP contribution in [0, 0.1) is 0 Å². The van der Waals surface area contributed by atoms with Crippen molar-refractivity contribution in [3.8, 4) is 0 Å². The Morgan fingerprint density at radius 2 is 1.53 bits per heavy atom. The molecule has 4 nitrogen and oxygen atoms in total. The van der Waals surface area contributed by atoms with E-state index in [2.05, 4.69) is 5.32 Å². The van der Waals surface area contributed by atoms with Gasteiger partial charge in [0.05, 0.1) is 0 Å². The van der Waals surface area contributed by atoms with Crippen LogP contribution in [-0.4, -0.2) is 22.2 Å². The highest BCUT2D eigenvalue weighted by Crippen LogP contribution is 2.38. The van der Waals surface area contributed by atoms with Crippen molar-refractivity contribution in [2.75, 3.05) is 0 Å². The first-order valence-electron chi connectivity index (χ1n) is 5.83. The molecular weight excluding hydrogens is 192 g/mol. The molecule has 0 aromatic carbocycles. The van der Waals surface area contributed by atoms with Crippen molar-refractivity contribution < 1.29 is 10.0 Å². The summed E-state index contributed by atoms with van der Waals surface area (Å²) in [7, 11) is 0. The Labute approximate surface area is 91.6 Å². The predicted octanol–water partition coefficient (Wildman–Crippen LogP) is 1.84. The lowest BCUT2D eigenvalue weighted by atomic mass is 9.92. The first-order valence-corrected chi connectivity index (χ1v) is 5.83. The number of carbonyl (C=O) groups excluding carboxylic acids is 1. The highest BCUT2D eigenvalue weighted by molar-refractivity contribution is 5.89. The molecule has 15 heavy (non-hydrogen) atoms. The lowest BCUT2D eigenvalue weighted by molar-refractivity contribution is -0.264. The van der Waals surface area contributed by atoms with Crippen LogP contribution in [0.4, 0.5) is 0 Å². The number of nitrogens with zero attached hydrogens (tertiary/aromatic N) is 1. The minimum Gasteiger partial charge on any atom is -0.334 e. The number of hydrogen-bond acceptors (Lipinski definition) is 2. The SMILES string of the molecule is CCC1(CC)NC(=O)C(CC)(CC)N1[O]. The van der Waals surface area contributed by atoms with Crippen molar-refractivity contribution in [2.24, 2.45) is 0 Å². The second-order valence-electron chi connectivity index (χ2n) is 4.23. The van der Waals surface area contributed by atoms with Crippen LogP contribution in [0.2, 0.25) is 0 Å². The molecule has 1 rings (SSSR count). The van der Waals surface area contributed by atoms with Crippen LogP contribution in [0.5, 0.6) is 0 Å². The van der Waals surface area contributed by atoms with Crippen molar-refractivity contribution in [2.45, 2.75) is 64.6 Å². The Morgan fingerprint density at radius 3 is 1.73 bits per heavy atom. The third-order valence-corrected chi connectivity index (χ3v) is 3.89. The first kappa shape index (κ1) is 12.5. The van der Waals surface area contributed by atoms with Gasteiger partial charge in [0.15, 0.2) is 0 Å². The molecule has 1 aliphatic rings. The van der Waals surface area contributed by atoms with Crippen molar-refractivity contribution in [1.82, 2.24) is 10.4 Å². The summed E-state index contributed by atoms with van der Waals surface area (Å²) in [6, 6.07) is 0. The summed E-state index contributed by atoms with van der Waals surface area (Å²) in [6.07, 6.45) is 2.45. The van der Waals surface area contributed by atoms with E-state index in [9.17, 15) is 10.0 Å². The van der Waals surface area contributed by atoms with E-state index >= 15 is 0 Å². The molecule has 1 fully saturated rings. The van der Waals surface area contributed by atoms with Gasteiger partial charge in [-0.1, -0.05) is 27.7 Å². The van der Waals surface area contributed by atoms with Gasteiger partial charge in [-0.25, -0.2) is 0 Å². The fourth-order valence-electron chi connectivity index (χ4n) is 2.45. The Kier molecular flexibility index (Phi) is 3.41. The standard InChI is InChI=1S/C11H21N2O2/c1-5-10(6-2)9(14)12-11(7-3,8-4)13(10)15/h5-8H2,1-4H3,(H,12,14). The third-order valence-electron chi connectivity index (χ3n) is 3.89. The lowest BCUT2D eigenvalue weighted by Gasteiger charge is -2.36. The van der Waals surface area contributed by atoms with Gasteiger partial charge in [-0.3, -0.25) is 4.79 Å². The van der Waals surface area contributed by atoms with E-state index in [4.69, 9.17) is 0 Å². The van der Waals surface area contributed by atoms with Crippen molar-refractivity contribution in [3.05, 3.63) is 0 Å². The molecule has 0 aliphatic carbocycles. The van der Waals surface area contributed by atoms with Gasteiger partial charge in [0.2, 0.25) is 5.91 Å². The summed E-state index contributed by atoms with van der Waals surface area (Å²) in [5.74, 6) is -0.105. The molecule has 4 heteroatoms. The molecule has 1 heterocycles. The van der Waals surface area contributed by atoms with Crippen LogP contribution < -0.4 is 5.32 Å². The van der Waals surface area contributed by atoms with Gasteiger partial charge in [-0.05, 0) is 25.7 Å². The van der Waals surface area contributed by atoms with E-state index in [0.717, 1.165) is 5.06 Å². The maximum Gasteiger partial charge on any atom is 0.244 e. The highest BCUT2D eigenvalue weighted by Gasteiger charge is 2.58. The molecule has 0 saturated carbocycles. The number of nitrogens with one attached hydrogen (secondary N) is 1. The van der Waals surface area contributed by atoms with Gasteiger partial charge in [0.1, 0.15) is 11.2 Å². The van der Waals surface area contributed by atoms with Gasteiger partial charge in [-0.2, -0.15) is 0 Å². The maximum atomic E-state index is 12.3. The molecule has 1 aliphatic heterocycles. The monoisotopic (exact) mass is 213 g/mol. The number of carbonyl (C=O) groups is 1. The minimum atomic E-state index is -0.841. The van der Waals surface area contributed by atoms with E-state index in [1.165, 1.54) is 0 Å². The van der Waals surface area contributed by atoms with Gasteiger partial charge >= 0.3 is 0 Å². The zero-order valence-corrected chi connectivity index (χ0v) is 10.1. The topological polar surface area (TPSA) is 52.2 Å². The predicted molar refractivity (Wildman–Crippen MR) is 57.3 cm³/mol. The van der Waals surface area contributed by atoms with Crippen molar-refractivity contribution >= 4 is 5.91 Å². The average Bonchev–Trinajstić information content (AvgIpc) is 2.48. The largest absolute Gasteiger partial charge is 0.334 e. The summed E-state index contributed by atoms with van der Waals surface area (Å²) in [5.41, 5.74) is -1.52. The Bertz CT molecular complexity index is 245. The summed E-state index contributed by atoms with van der Waals surface area (Å²) in [6.45, 7) is 7.68. The molecule has 1 N–H and O–H groups in total. The fourth-order valence-corrected chi connectivity index (χ4v) is 2.45. The quantitative estimate of drug-likeness (QED) is 0.774. The molecule has 0 atom stereocenters. The van der Waals surface area contributed by atoms with Gasteiger partial charge < -0.3 is 5.32 Å². The van der Waals surface area contributed by atoms with Gasteiger partial charge in [0.25, 0.3) is 0 Å². The first-order chi connectivity index (χ1) is 7.03. The average molecular weight is 213 g/mol. The Morgan fingerprint density at radius 1 is 1.07 bits per heavy atom. The third kappa shape index (κ3) is 1.47. The molecule has 0 bridgehead atoms. The summed E-state index contributed by atoms with van der Waals surface area (Å²) in [4.78, 5) is 11.9. The zero-order valence-electron chi connectivity index (χ0n) is 10.1. The van der Waals surface area contributed by atoms with Crippen LogP contribution in [0.3, 0.4) is 0 Å². The van der Waals surface area contributed by atoms with Gasteiger partial charge in [0, 0.05) is 0 Å². The maximum absolute atomic E-state index is 12.3. The van der Waals surface area contributed by atoms with Crippen LogP contribution >= 0.6 is 0 Å². The normalized spacial score (nSPS) is 24.2. The lowest BCUT2D eigenvalue weighted by Crippen LogP contribution is -2.53. The summed E-state index contributed by atoms with van der Waals surface area (Å²) < 4.78 is 0. The van der Waals surface area contributed by atoms with Crippen LogP contribution in [-0.2, 0) is 10.0 Å². The second-order valence-corrected chi connectivity index (χ2v) is 4.23. The number of hydrogen-bond donors (Lipinski definition) is 1. The van der Waals surface area contributed by atoms with Crippen LogP contribution in [0.25, 0.3) is 0 Å². The van der Waals surface area contributed by atoms with Crippen molar-refractivity contribution in [1.29, 1.82) is 0 Å². The molecule has 0 unspecified atom stereocenters. The summed E-state index contributed by atoms with van der Waals surface area (Å²) >= 11 is 0. The van der Waals surface area contributed by atoms with Crippen LogP contribution in [0.15, 0.2) is 0 Å². The number of hydroxylamine groups is 2. The molecule has 0 spiro atoms. The van der Waals surface area contributed by atoms with E-state index in [1.54, 1.807) is 0 Å². The smallest absolute Gasteiger partial charge is 0.244 e. The molecule has 0 aromatic heterocycles. The highest BCUT2D eigenvalue weighted by atomic mass is 16.5. The number of amides is 1. The number of rotatable bonds is 4.